The second-order valence-corrected chi connectivity index (χ2v) is 3.85. The maximum Gasteiger partial charge on any atom is 0.330 e. The van der Waals surface area contributed by atoms with E-state index in [-0.39, 0.29) is 5.95 Å². The third kappa shape index (κ3) is 3.52. The second kappa shape index (κ2) is 6.28. The number of nitrogens with zero attached hydrogens (tertiary/aromatic N) is 2. The number of aromatic nitrogens is 2. The van der Waals surface area contributed by atoms with Gasteiger partial charge in [-0.1, -0.05) is 30.3 Å². The first-order valence-electron chi connectivity index (χ1n) is 5.79. The number of urea groups is 1. The lowest BCUT2D eigenvalue weighted by molar-refractivity contribution is -0.139. The zero-order chi connectivity index (χ0) is 14.4. The van der Waals surface area contributed by atoms with E-state index in [2.05, 4.69) is 20.6 Å². The molecule has 1 heterocycles. The second-order valence-electron chi connectivity index (χ2n) is 3.85. The summed E-state index contributed by atoms with van der Waals surface area (Å²) in [7, 11) is 0. The molecule has 3 N–H and O–H groups in total. The average molecular weight is 272 g/mol. The number of aliphatic carboxylic acids is 1. The SMILES string of the molecule is O=C(Nc1ncccn1)N[C@H](C(=O)O)c1ccccc1. The molecule has 0 radical (unpaired) electrons. The van der Waals surface area contributed by atoms with Gasteiger partial charge >= 0.3 is 12.0 Å². The number of anilines is 1. The number of nitrogens with one attached hydrogen (secondary N) is 2. The van der Waals surface area contributed by atoms with Gasteiger partial charge in [-0.05, 0) is 11.6 Å². The number of carboxylic acids is 1. The standard InChI is InChI=1S/C13H12N4O3/c18-11(19)10(9-5-2-1-3-6-9)16-13(20)17-12-14-7-4-8-15-12/h1-8,10H,(H,18,19)(H2,14,15,16,17,20)/t10-/m0/s1. The van der Waals surface area contributed by atoms with Crippen LogP contribution in [-0.4, -0.2) is 27.1 Å². The Balaban J connectivity index is 2.06. The molecule has 0 unspecified atom stereocenters. The Morgan fingerprint density at radius 1 is 1.05 bits per heavy atom. The number of carbonyl (C=O) groups excluding carboxylic acids is 1. The molecular weight excluding hydrogens is 260 g/mol. The number of rotatable bonds is 4. The van der Waals surface area contributed by atoms with Gasteiger partial charge in [0.25, 0.3) is 0 Å². The van der Waals surface area contributed by atoms with E-state index in [4.69, 9.17) is 5.11 Å². The van der Waals surface area contributed by atoms with Gasteiger partial charge in [0.1, 0.15) is 0 Å². The van der Waals surface area contributed by atoms with Crippen molar-refractivity contribution >= 4 is 17.9 Å². The Labute approximate surface area is 114 Å². The molecule has 1 atom stereocenters. The van der Waals surface area contributed by atoms with Crippen molar-refractivity contribution in [2.45, 2.75) is 6.04 Å². The van der Waals surface area contributed by atoms with E-state index >= 15 is 0 Å². The van der Waals surface area contributed by atoms with E-state index in [0.717, 1.165) is 0 Å². The van der Waals surface area contributed by atoms with Crippen molar-refractivity contribution in [3.63, 3.8) is 0 Å². The molecule has 7 nitrogen and oxygen atoms in total. The summed E-state index contributed by atoms with van der Waals surface area (Å²) in [6.45, 7) is 0. The highest BCUT2D eigenvalue weighted by molar-refractivity contribution is 5.91. The molecule has 1 aromatic carbocycles. The van der Waals surface area contributed by atoms with Crippen molar-refractivity contribution in [3.05, 3.63) is 54.4 Å². The van der Waals surface area contributed by atoms with Crippen LogP contribution in [0.5, 0.6) is 0 Å². The van der Waals surface area contributed by atoms with E-state index < -0.39 is 18.0 Å². The molecule has 1 aromatic heterocycles. The van der Waals surface area contributed by atoms with Gasteiger partial charge in [0.2, 0.25) is 5.95 Å². The molecule has 2 aromatic rings. The molecular formula is C13H12N4O3. The van der Waals surface area contributed by atoms with Gasteiger partial charge in [-0.2, -0.15) is 0 Å². The Kier molecular flexibility index (Phi) is 4.23. The summed E-state index contributed by atoms with van der Waals surface area (Å²) in [5, 5.41) is 13.9. The van der Waals surface area contributed by atoms with Crippen LogP contribution in [0.25, 0.3) is 0 Å². The fourth-order valence-electron chi connectivity index (χ4n) is 1.57. The molecule has 0 bridgehead atoms. The third-order valence-electron chi connectivity index (χ3n) is 2.45. The van der Waals surface area contributed by atoms with Gasteiger partial charge < -0.3 is 10.4 Å². The normalized spacial score (nSPS) is 11.4. The van der Waals surface area contributed by atoms with Crippen molar-refractivity contribution in [3.8, 4) is 0 Å². The maximum absolute atomic E-state index is 11.7. The molecule has 7 heteroatoms. The summed E-state index contributed by atoms with van der Waals surface area (Å²) in [5.74, 6) is -1.05. The minimum absolute atomic E-state index is 0.0993. The lowest BCUT2D eigenvalue weighted by Crippen LogP contribution is -2.37. The quantitative estimate of drug-likeness (QED) is 0.780. The van der Waals surface area contributed by atoms with Crippen LogP contribution >= 0.6 is 0 Å². The summed E-state index contributed by atoms with van der Waals surface area (Å²) in [6, 6.07) is 8.19. The highest BCUT2D eigenvalue weighted by Crippen LogP contribution is 2.12. The molecule has 0 aliphatic rings. The van der Waals surface area contributed by atoms with Crippen LogP contribution in [-0.2, 0) is 4.79 Å². The first-order valence-corrected chi connectivity index (χ1v) is 5.79. The minimum Gasteiger partial charge on any atom is -0.479 e. The topological polar surface area (TPSA) is 104 Å². The van der Waals surface area contributed by atoms with Crippen LogP contribution in [0.15, 0.2) is 48.8 Å². The minimum atomic E-state index is -1.15. The fraction of sp³-hybridized carbons (Fsp3) is 0.0769. The van der Waals surface area contributed by atoms with Crippen LogP contribution in [0.3, 0.4) is 0 Å². The first kappa shape index (κ1) is 13.5. The number of hydrogen-bond donors (Lipinski definition) is 3. The predicted molar refractivity (Wildman–Crippen MR) is 71.0 cm³/mol. The molecule has 20 heavy (non-hydrogen) atoms. The molecule has 0 saturated carbocycles. The summed E-state index contributed by atoms with van der Waals surface area (Å²) in [5.41, 5.74) is 0.476. The average Bonchev–Trinajstić information content (AvgIpc) is 2.46. The first-order chi connectivity index (χ1) is 9.66. The van der Waals surface area contributed by atoms with Gasteiger partial charge in [0, 0.05) is 12.4 Å². The van der Waals surface area contributed by atoms with Crippen molar-refractivity contribution in [2.24, 2.45) is 0 Å². The van der Waals surface area contributed by atoms with E-state index in [1.165, 1.54) is 12.4 Å². The van der Waals surface area contributed by atoms with Gasteiger partial charge in [-0.3, -0.25) is 5.32 Å². The summed E-state index contributed by atoms with van der Waals surface area (Å²) in [6.07, 6.45) is 2.93. The zero-order valence-electron chi connectivity index (χ0n) is 10.4. The van der Waals surface area contributed by atoms with Gasteiger partial charge in [0.05, 0.1) is 0 Å². The smallest absolute Gasteiger partial charge is 0.330 e. The van der Waals surface area contributed by atoms with Crippen LogP contribution < -0.4 is 10.6 Å². The summed E-state index contributed by atoms with van der Waals surface area (Å²) >= 11 is 0. The molecule has 0 saturated heterocycles. The van der Waals surface area contributed by atoms with E-state index in [1.54, 1.807) is 36.4 Å². The zero-order valence-corrected chi connectivity index (χ0v) is 10.4. The molecule has 0 fully saturated rings. The van der Waals surface area contributed by atoms with Gasteiger partial charge in [-0.15, -0.1) is 0 Å². The monoisotopic (exact) mass is 272 g/mol. The van der Waals surface area contributed by atoms with E-state index in [9.17, 15) is 9.59 Å². The van der Waals surface area contributed by atoms with Crippen molar-refractivity contribution in [1.29, 1.82) is 0 Å². The Hall–Kier alpha value is -2.96. The Morgan fingerprint density at radius 3 is 2.30 bits per heavy atom. The number of benzene rings is 1. The van der Waals surface area contributed by atoms with Crippen molar-refractivity contribution < 1.29 is 14.7 Å². The number of amides is 2. The lowest BCUT2D eigenvalue weighted by Gasteiger charge is -2.14. The van der Waals surface area contributed by atoms with E-state index in [0.29, 0.717) is 5.56 Å². The Morgan fingerprint density at radius 2 is 1.70 bits per heavy atom. The Bertz CT molecular complexity index is 589. The maximum atomic E-state index is 11.7. The highest BCUT2D eigenvalue weighted by atomic mass is 16.4. The molecule has 2 rings (SSSR count). The summed E-state index contributed by atoms with van der Waals surface area (Å²) in [4.78, 5) is 30.6. The van der Waals surface area contributed by atoms with Crippen molar-refractivity contribution in [2.75, 3.05) is 5.32 Å². The summed E-state index contributed by atoms with van der Waals surface area (Å²) < 4.78 is 0. The third-order valence-corrected chi connectivity index (χ3v) is 2.45. The number of carbonyl (C=O) groups is 2. The van der Waals surface area contributed by atoms with Crippen molar-refractivity contribution in [1.82, 2.24) is 15.3 Å². The van der Waals surface area contributed by atoms with Crippen LogP contribution in [0.1, 0.15) is 11.6 Å². The molecule has 0 aliphatic carbocycles. The fourth-order valence-corrected chi connectivity index (χ4v) is 1.57. The van der Waals surface area contributed by atoms with E-state index in [1.807, 2.05) is 0 Å². The molecule has 0 spiro atoms. The highest BCUT2D eigenvalue weighted by Gasteiger charge is 2.21. The number of carboxylic acid groups (broad SMARTS) is 1. The number of hydrogen-bond acceptors (Lipinski definition) is 4. The van der Waals surface area contributed by atoms with Gasteiger partial charge in [-0.25, -0.2) is 19.6 Å². The van der Waals surface area contributed by atoms with Crippen LogP contribution in [0, 0.1) is 0 Å². The predicted octanol–water partition coefficient (Wildman–Crippen LogP) is 1.42. The van der Waals surface area contributed by atoms with Crippen LogP contribution in [0.2, 0.25) is 0 Å². The molecule has 102 valence electrons. The van der Waals surface area contributed by atoms with Crippen LogP contribution in [0.4, 0.5) is 10.7 Å². The lowest BCUT2D eigenvalue weighted by atomic mass is 10.1. The van der Waals surface area contributed by atoms with Gasteiger partial charge in [0.15, 0.2) is 6.04 Å². The molecule has 2 amide bonds. The molecule has 0 aliphatic heterocycles. The largest absolute Gasteiger partial charge is 0.479 e.